The Morgan fingerprint density at radius 3 is 2.16 bits per heavy atom. The first-order valence-corrected chi connectivity index (χ1v) is 7.20. The summed E-state index contributed by atoms with van der Waals surface area (Å²) >= 11 is 0. The van der Waals surface area contributed by atoms with Crippen LogP contribution in [0, 0.1) is 5.41 Å². The van der Waals surface area contributed by atoms with E-state index in [9.17, 15) is 4.79 Å². The maximum Gasteiger partial charge on any atom is 0.144 e. The van der Waals surface area contributed by atoms with Gasteiger partial charge in [0, 0.05) is 18.4 Å². The topological polar surface area (TPSA) is 43.1 Å². The van der Waals surface area contributed by atoms with Crippen molar-refractivity contribution in [2.45, 2.75) is 51.9 Å². The average Bonchev–Trinajstić information content (AvgIpc) is 2.27. The third-order valence-electron chi connectivity index (χ3n) is 4.48. The predicted octanol–water partition coefficient (Wildman–Crippen LogP) is 3.22. The fourth-order valence-electron chi connectivity index (χ4n) is 2.70. The third-order valence-corrected chi connectivity index (χ3v) is 4.48. The lowest BCUT2D eigenvalue weighted by Crippen LogP contribution is -2.45. The van der Waals surface area contributed by atoms with E-state index in [1.165, 1.54) is 5.56 Å². The Morgan fingerprint density at radius 2 is 1.79 bits per heavy atom. The monoisotopic (exact) mass is 259 g/mol. The zero-order valence-corrected chi connectivity index (χ0v) is 12.3. The molecule has 1 aliphatic rings. The van der Waals surface area contributed by atoms with Crippen LogP contribution in [0.1, 0.15) is 51.2 Å². The summed E-state index contributed by atoms with van der Waals surface area (Å²) in [6, 6.07) is 8.44. The zero-order chi connectivity index (χ0) is 14.1. The molecule has 0 radical (unpaired) electrons. The van der Waals surface area contributed by atoms with E-state index < -0.39 is 0 Å². The van der Waals surface area contributed by atoms with Crippen LogP contribution in [0.15, 0.2) is 24.3 Å². The van der Waals surface area contributed by atoms with Gasteiger partial charge in [0.1, 0.15) is 5.78 Å². The smallest absolute Gasteiger partial charge is 0.144 e. The molecule has 0 heterocycles. The summed E-state index contributed by atoms with van der Waals surface area (Å²) in [6.07, 6.45) is 3.62. The molecule has 1 aromatic carbocycles. The maximum atomic E-state index is 12.3. The summed E-state index contributed by atoms with van der Waals surface area (Å²) in [7, 11) is 0. The number of hydrogen-bond donors (Lipinski definition) is 1. The Balaban J connectivity index is 2.06. The van der Waals surface area contributed by atoms with E-state index in [4.69, 9.17) is 5.73 Å². The van der Waals surface area contributed by atoms with E-state index in [2.05, 4.69) is 45.0 Å². The van der Waals surface area contributed by atoms with Crippen LogP contribution in [0.2, 0.25) is 0 Å². The highest BCUT2D eigenvalue weighted by molar-refractivity contribution is 5.87. The number of benzene rings is 1. The predicted molar refractivity (Wildman–Crippen MR) is 79.2 cm³/mol. The highest BCUT2D eigenvalue weighted by Gasteiger charge is 2.41. The van der Waals surface area contributed by atoms with E-state index in [-0.39, 0.29) is 10.8 Å². The number of rotatable bonds is 4. The Bertz CT molecular complexity index is 444. The van der Waals surface area contributed by atoms with Crippen LogP contribution in [0.4, 0.5) is 0 Å². The molecule has 0 saturated heterocycles. The van der Waals surface area contributed by atoms with E-state index in [1.54, 1.807) is 0 Å². The lowest BCUT2D eigenvalue weighted by Gasteiger charge is -2.39. The summed E-state index contributed by atoms with van der Waals surface area (Å²) in [6.45, 7) is 7.10. The molecule has 1 saturated carbocycles. The molecule has 2 heteroatoms. The van der Waals surface area contributed by atoms with Crippen molar-refractivity contribution in [2.24, 2.45) is 11.1 Å². The minimum atomic E-state index is -0.206. The standard InChI is InChI=1S/C17H25NO/c1-16(2,3)14-7-5-13(6-8-14)11-15(19)17(12-18)9-4-10-17/h5-8H,4,9-12,18H2,1-3H3. The molecule has 0 aliphatic heterocycles. The van der Waals surface area contributed by atoms with Crippen molar-refractivity contribution in [1.82, 2.24) is 0 Å². The van der Waals surface area contributed by atoms with Gasteiger partial charge in [-0.1, -0.05) is 51.5 Å². The van der Waals surface area contributed by atoms with Crippen LogP contribution in [0.25, 0.3) is 0 Å². The number of Topliss-reactive ketones (excluding diaryl/α,β-unsaturated/α-hetero) is 1. The van der Waals surface area contributed by atoms with E-state index >= 15 is 0 Å². The molecule has 0 aromatic heterocycles. The van der Waals surface area contributed by atoms with Crippen LogP contribution >= 0.6 is 0 Å². The number of nitrogens with two attached hydrogens (primary N) is 1. The highest BCUT2D eigenvalue weighted by Crippen LogP contribution is 2.41. The minimum Gasteiger partial charge on any atom is -0.329 e. The molecule has 0 atom stereocenters. The lowest BCUT2D eigenvalue weighted by atomic mass is 9.65. The van der Waals surface area contributed by atoms with Crippen molar-refractivity contribution in [3.05, 3.63) is 35.4 Å². The molecule has 0 bridgehead atoms. The van der Waals surface area contributed by atoms with Crippen LogP contribution < -0.4 is 5.73 Å². The second-order valence-electron chi connectivity index (χ2n) is 6.88. The molecule has 1 fully saturated rings. The molecular weight excluding hydrogens is 234 g/mol. The molecule has 19 heavy (non-hydrogen) atoms. The molecule has 2 rings (SSSR count). The third kappa shape index (κ3) is 2.89. The van der Waals surface area contributed by atoms with Gasteiger partial charge in [0.2, 0.25) is 0 Å². The first kappa shape index (κ1) is 14.3. The van der Waals surface area contributed by atoms with E-state index in [1.807, 2.05) is 0 Å². The maximum absolute atomic E-state index is 12.3. The van der Waals surface area contributed by atoms with Gasteiger partial charge in [-0.05, 0) is 29.4 Å². The Morgan fingerprint density at radius 1 is 1.21 bits per heavy atom. The fraction of sp³-hybridized carbons (Fsp3) is 0.588. The molecular formula is C17H25NO. The highest BCUT2D eigenvalue weighted by atomic mass is 16.1. The molecule has 0 unspecified atom stereocenters. The van der Waals surface area contributed by atoms with Crippen molar-refractivity contribution >= 4 is 5.78 Å². The van der Waals surface area contributed by atoms with Gasteiger partial charge in [0.25, 0.3) is 0 Å². The van der Waals surface area contributed by atoms with Crippen LogP contribution in [0.3, 0.4) is 0 Å². The molecule has 1 aliphatic carbocycles. The van der Waals surface area contributed by atoms with Crippen molar-refractivity contribution in [1.29, 1.82) is 0 Å². The zero-order valence-electron chi connectivity index (χ0n) is 12.3. The summed E-state index contributed by atoms with van der Waals surface area (Å²) in [4.78, 5) is 12.3. The van der Waals surface area contributed by atoms with Gasteiger partial charge in [-0.3, -0.25) is 4.79 Å². The molecule has 2 nitrogen and oxygen atoms in total. The van der Waals surface area contributed by atoms with Crippen molar-refractivity contribution in [3.8, 4) is 0 Å². The number of hydrogen-bond acceptors (Lipinski definition) is 2. The van der Waals surface area contributed by atoms with Crippen molar-refractivity contribution < 1.29 is 4.79 Å². The number of ketones is 1. The van der Waals surface area contributed by atoms with E-state index in [0.717, 1.165) is 24.8 Å². The van der Waals surface area contributed by atoms with Crippen LogP contribution in [0.5, 0.6) is 0 Å². The minimum absolute atomic E-state index is 0.162. The quantitative estimate of drug-likeness (QED) is 0.902. The van der Waals surface area contributed by atoms with Gasteiger partial charge in [-0.2, -0.15) is 0 Å². The van der Waals surface area contributed by atoms with Gasteiger partial charge in [-0.15, -0.1) is 0 Å². The van der Waals surface area contributed by atoms with Crippen molar-refractivity contribution in [3.63, 3.8) is 0 Å². The van der Waals surface area contributed by atoms with E-state index in [0.29, 0.717) is 18.7 Å². The lowest BCUT2D eigenvalue weighted by molar-refractivity contribution is -0.132. The van der Waals surface area contributed by atoms with Crippen LogP contribution in [-0.4, -0.2) is 12.3 Å². The Labute approximate surface area is 116 Å². The van der Waals surface area contributed by atoms with Gasteiger partial charge >= 0.3 is 0 Å². The average molecular weight is 259 g/mol. The SMILES string of the molecule is CC(C)(C)c1ccc(CC(=O)C2(CN)CCC2)cc1. The fourth-order valence-corrected chi connectivity index (χ4v) is 2.70. The summed E-state index contributed by atoms with van der Waals surface area (Å²) in [5.74, 6) is 0.324. The summed E-state index contributed by atoms with van der Waals surface area (Å²) in [5, 5.41) is 0. The number of carbonyl (C=O) groups is 1. The second-order valence-corrected chi connectivity index (χ2v) is 6.88. The largest absolute Gasteiger partial charge is 0.329 e. The van der Waals surface area contributed by atoms with Gasteiger partial charge < -0.3 is 5.73 Å². The summed E-state index contributed by atoms with van der Waals surface area (Å²) in [5.41, 5.74) is 8.16. The number of carbonyl (C=O) groups excluding carboxylic acids is 1. The Hall–Kier alpha value is -1.15. The van der Waals surface area contributed by atoms with Crippen molar-refractivity contribution in [2.75, 3.05) is 6.54 Å². The molecule has 104 valence electrons. The van der Waals surface area contributed by atoms with Gasteiger partial charge in [-0.25, -0.2) is 0 Å². The molecule has 2 N–H and O–H groups in total. The normalized spacial score (nSPS) is 17.9. The molecule has 0 spiro atoms. The van der Waals surface area contributed by atoms with Gasteiger partial charge in [0.15, 0.2) is 0 Å². The molecule has 0 amide bonds. The Kier molecular flexibility index (Phi) is 3.82. The molecule has 1 aromatic rings. The van der Waals surface area contributed by atoms with Crippen LogP contribution in [-0.2, 0) is 16.6 Å². The summed E-state index contributed by atoms with van der Waals surface area (Å²) < 4.78 is 0. The first-order valence-electron chi connectivity index (χ1n) is 7.20. The second kappa shape index (κ2) is 5.09. The first-order chi connectivity index (χ1) is 8.87. The van der Waals surface area contributed by atoms with Gasteiger partial charge in [0.05, 0.1) is 0 Å².